The summed E-state index contributed by atoms with van der Waals surface area (Å²) in [4.78, 5) is 28.2. The van der Waals surface area contributed by atoms with Gasteiger partial charge >= 0.3 is 12.2 Å². The van der Waals surface area contributed by atoms with Gasteiger partial charge in [0, 0.05) is 31.3 Å². The van der Waals surface area contributed by atoms with Crippen LogP contribution in [0.5, 0.6) is 5.75 Å². The van der Waals surface area contributed by atoms with Gasteiger partial charge in [-0.1, -0.05) is 31.9 Å². The zero-order chi connectivity index (χ0) is 23.9. The Morgan fingerprint density at radius 1 is 1.19 bits per heavy atom. The molecule has 1 aliphatic rings. The summed E-state index contributed by atoms with van der Waals surface area (Å²) in [5, 5.41) is 0.145. The Kier molecular flexibility index (Phi) is 9.43. The van der Waals surface area contributed by atoms with E-state index in [1.54, 1.807) is 9.80 Å². The Morgan fingerprint density at radius 2 is 1.91 bits per heavy atom. The number of carbonyl (C=O) groups excluding carboxylic acids is 2. The van der Waals surface area contributed by atoms with Crippen molar-refractivity contribution in [2.75, 3.05) is 26.2 Å². The number of hydrogen-bond donors (Lipinski definition) is 0. The van der Waals surface area contributed by atoms with Crippen LogP contribution in [-0.2, 0) is 16.1 Å². The number of benzene rings is 1. The minimum absolute atomic E-state index is 0.100. The lowest BCUT2D eigenvalue weighted by Gasteiger charge is -2.40. The number of piperazine rings is 1. The standard InChI is InChI=1S/C23H34ClFN2O5/c1-6-8-11-30-17-12-19(24)18(20(25)13-17)15-31-22(29)27-10-9-26(14-16(27)7-2)21(28)32-23(3,4)5/h12-13,16H,6-11,14-15H2,1-5H3/t16-/m1/s1. The molecule has 1 saturated heterocycles. The second kappa shape index (κ2) is 11.6. The SMILES string of the molecule is CCCCOc1cc(F)c(COC(=O)N2CCN(C(=O)OC(C)(C)C)C[C@H]2CC)c(Cl)c1. The Morgan fingerprint density at radius 3 is 2.50 bits per heavy atom. The lowest BCUT2D eigenvalue weighted by atomic mass is 10.1. The van der Waals surface area contributed by atoms with Crippen LogP contribution < -0.4 is 4.74 Å². The van der Waals surface area contributed by atoms with E-state index in [2.05, 4.69) is 0 Å². The van der Waals surface area contributed by atoms with Crippen molar-refractivity contribution in [3.8, 4) is 5.75 Å². The number of amides is 2. The van der Waals surface area contributed by atoms with Crippen LogP contribution in [0.25, 0.3) is 0 Å². The smallest absolute Gasteiger partial charge is 0.410 e. The molecule has 0 saturated carbocycles. The Bertz CT molecular complexity index is 776. The van der Waals surface area contributed by atoms with Gasteiger partial charge in [-0.15, -0.1) is 0 Å². The average molecular weight is 473 g/mol. The van der Waals surface area contributed by atoms with E-state index in [0.29, 0.717) is 38.4 Å². The van der Waals surface area contributed by atoms with Crippen LogP contribution in [0.15, 0.2) is 12.1 Å². The van der Waals surface area contributed by atoms with Crippen LogP contribution in [0.4, 0.5) is 14.0 Å². The van der Waals surface area contributed by atoms with Crippen molar-refractivity contribution >= 4 is 23.8 Å². The van der Waals surface area contributed by atoms with Crippen molar-refractivity contribution in [3.05, 3.63) is 28.5 Å². The summed E-state index contributed by atoms with van der Waals surface area (Å²) >= 11 is 6.20. The van der Waals surface area contributed by atoms with Gasteiger partial charge in [-0.05, 0) is 39.7 Å². The highest BCUT2D eigenvalue weighted by Gasteiger charge is 2.34. The number of rotatable bonds is 7. The third-order valence-corrected chi connectivity index (χ3v) is 5.40. The molecule has 1 heterocycles. The summed E-state index contributed by atoms with van der Waals surface area (Å²) in [5.41, 5.74) is -0.488. The first-order valence-electron chi connectivity index (χ1n) is 11.1. The van der Waals surface area contributed by atoms with Crippen LogP contribution in [0.2, 0.25) is 5.02 Å². The third kappa shape index (κ3) is 7.43. The molecular formula is C23H34ClFN2O5. The van der Waals surface area contributed by atoms with Crippen LogP contribution in [0.1, 0.15) is 59.4 Å². The zero-order valence-corrected chi connectivity index (χ0v) is 20.3. The fraction of sp³-hybridized carbons (Fsp3) is 0.652. The number of unbranched alkanes of at least 4 members (excludes halogenated alkanes) is 1. The summed E-state index contributed by atoms with van der Waals surface area (Å²) < 4.78 is 30.8. The van der Waals surface area contributed by atoms with Gasteiger partial charge < -0.3 is 24.0 Å². The molecule has 7 nitrogen and oxygen atoms in total. The van der Waals surface area contributed by atoms with Gasteiger partial charge in [-0.3, -0.25) is 0 Å². The molecule has 180 valence electrons. The number of carbonyl (C=O) groups is 2. The van der Waals surface area contributed by atoms with Gasteiger partial charge in [0.15, 0.2) is 0 Å². The van der Waals surface area contributed by atoms with Crippen molar-refractivity contribution < 1.29 is 28.2 Å². The van der Waals surface area contributed by atoms with Gasteiger partial charge in [0.2, 0.25) is 0 Å². The molecule has 1 aromatic carbocycles. The molecule has 0 N–H and O–H groups in total. The molecule has 0 aromatic heterocycles. The van der Waals surface area contributed by atoms with Gasteiger partial charge in [0.25, 0.3) is 0 Å². The Labute approximate surface area is 194 Å². The molecule has 2 rings (SSSR count). The summed E-state index contributed by atoms with van der Waals surface area (Å²) in [6.45, 7) is 10.6. The molecule has 1 atom stereocenters. The highest BCUT2D eigenvalue weighted by Crippen LogP contribution is 2.27. The van der Waals surface area contributed by atoms with E-state index in [9.17, 15) is 14.0 Å². The maximum atomic E-state index is 14.5. The van der Waals surface area contributed by atoms with E-state index in [4.69, 9.17) is 25.8 Å². The molecule has 0 aliphatic carbocycles. The fourth-order valence-electron chi connectivity index (χ4n) is 3.29. The molecular weight excluding hydrogens is 439 g/mol. The number of nitrogens with zero attached hydrogens (tertiary/aromatic N) is 2. The van der Waals surface area contributed by atoms with Crippen LogP contribution >= 0.6 is 11.6 Å². The molecule has 0 bridgehead atoms. The van der Waals surface area contributed by atoms with E-state index in [1.165, 1.54) is 12.1 Å². The first kappa shape index (κ1) is 26.0. The van der Waals surface area contributed by atoms with Crippen LogP contribution in [-0.4, -0.2) is 59.9 Å². The number of ether oxygens (including phenoxy) is 3. The summed E-state index contributed by atoms with van der Waals surface area (Å²) in [6.07, 6.45) is 1.49. The molecule has 1 aliphatic heterocycles. The lowest BCUT2D eigenvalue weighted by Crippen LogP contribution is -2.57. The predicted octanol–water partition coefficient (Wildman–Crippen LogP) is 5.63. The molecule has 0 radical (unpaired) electrons. The summed E-state index contributed by atoms with van der Waals surface area (Å²) in [6, 6.07) is 2.55. The maximum Gasteiger partial charge on any atom is 0.410 e. The largest absolute Gasteiger partial charge is 0.493 e. The minimum Gasteiger partial charge on any atom is -0.493 e. The Hall–Kier alpha value is -2.22. The summed E-state index contributed by atoms with van der Waals surface area (Å²) in [5.74, 6) is -0.237. The van der Waals surface area contributed by atoms with Gasteiger partial charge in [0.1, 0.15) is 23.8 Å². The van der Waals surface area contributed by atoms with E-state index in [-0.39, 0.29) is 23.2 Å². The highest BCUT2D eigenvalue weighted by atomic mass is 35.5. The van der Waals surface area contributed by atoms with E-state index in [0.717, 1.165) is 12.8 Å². The normalized spacial score (nSPS) is 16.7. The molecule has 0 unspecified atom stereocenters. The van der Waals surface area contributed by atoms with Crippen LogP contribution in [0, 0.1) is 5.82 Å². The first-order chi connectivity index (χ1) is 15.1. The predicted molar refractivity (Wildman–Crippen MR) is 121 cm³/mol. The van der Waals surface area contributed by atoms with Crippen molar-refractivity contribution in [1.82, 2.24) is 9.80 Å². The first-order valence-corrected chi connectivity index (χ1v) is 11.5. The third-order valence-electron chi connectivity index (χ3n) is 5.06. The second-order valence-corrected chi connectivity index (χ2v) is 9.21. The molecule has 1 aromatic rings. The fourth-order valence-corrected chi connectivity index (χ4v) is 3.54. The molecule has 1 fully saturated rings. The maximum absolute atomic E-state index is 14.5. The van der Waals surface area contributed by atoms with Crippen molar-refractivity contribution in [1.29, 1.82) is 0 Å². The monoisotopic (exact) mass is 472 g/mol. The quantitative estimate of drug-likeness (QED) is 0.481. The molecule has 2 amide bonds. The highest BCUT2D eigenvalue weighted by molar-refractivity contribution is 6.31. The van der Waals surface area contributed by atoms with E-state index in [1.807, 2.05) is 34.6 Å². The van der Waals surface area contributed by atoms with Crippen molar-refractivity contribution in [2.24, 2.45) is 0 Å². The summed E-state index contributed by atoms with van der Waals surface area (Å²) in [7, 11) is 0. The molecule has 32 heavy (non-hydrogen) atoms. The van der Waals surface area contributed by atoms with Crippen molar-refractivity contribution in [3.63, 3.8) is 0 Å². The zero-order valence-electron chi connectivity index (χ0n) is 19.6. The molecule has 9 heteroatoms. The number of hydrogen-bond acceptors (Lipinski definition) is 5. The second-order valence-electron chi connectivity index (χ2n) is 8.80. The topological polar surface area (TPSA) is 68.3 Å². The number of halogens is 2. The lowest BCUT2D eigenvalue weighted by molar-refractivity contribution is 0.000634. The van der Waals surface area contributed by atoms with E-state index >= 15 is 0 Å². The van der Waals surface area contributed by atoms with Gasteiger partial charge in [-0.25, -0.2) is 14.0 Å². The Balaban J connectivity index is 1.96. The average Bonchev–Trinajstić information content (AvgIpc) is 2.71. The van der Waals surface area contributed by atoms with E-state index < -0.39 is 23.6 Å². The molecule has 0 spiro atoms. The van der Waals surface area contributed by atoms with Gasteiger partial charge in [0.05, 0.1) is 17.7 Å². The minimum atomic E-state index is -0.589. The van der Waals surface area contributed by atoms with Crippen LogP contribution in [0.3, 0.4) is 0 Å². The van der Waals surface area contributed by atoms with Gasteiger partial charge in [-0.2, -0.15) is 0 Å². The van der Waals surface area contributed by atoms with Crippen molar-refractivity contribution in [2.45, 2.75) is 72.1 Å².